The van der Waals surface area contributed by atoms with Crippen molar-refractivity contribution in [2.75, 3.05) is 38.3 Å². The average Bonchev–Trinajstić information content (AvgIpc) is 2.87. The molecule has 0 saturated carbocycles. The van der Waals surface area contributed by atoms with Gasteiger partial charge in [0.15, 0.2) is 0 Å². The number of nitrogen functional groups attached to an aromatic ring is 1. The molecule has 0 unspecified atom stereocenters. The number of hydrogen-bond donors (Lipinski definition) is 3. The second kappa shape index (κ2) is 6.71. The fraction of sp³-hybridized carbons (Fsp3) is 0.308. The summed E-state index contributed by atoms with van der Waals surface area (Å²) in [6, 6.07) is 7.09. The third kappa shape index (κ3) is 4.46. The van der Waals surface area contributed by atoms with E-state index in [9.17, 15) is 4.79 Å². The molecule has 0 radical (unpaired) electrons. The van der Waals surface area contributed by atoms with Gasteiger partial charge in [0.25, 0.3) is 5.91 Å². The van der Waals surface area contributed by atoms with Gasteiger partial charge in [-0.25, -0.2) is 0 Å². The fourth-order valence-electron chi connectivity index (χ4n) is 1.55. The van der Waals surface area contributed by atoms with Gasteiger partial charge < -0.3 is 20.7 Å². The fourth-order valence-corrected chi connectivity index (χ4v) is 1.55. The molecule has 2 rings (SSSR count). The maximum atomic E-state index is 11.8. The van der Waals surface area contributed by atoms with Gasteiger partial charge in [-0.15, -0.1) is 5.10 Å². The molecule has 0 aliphatic rings. The van der Waals surface area contributed by atoms with Gasteiger partial charge >= 0.3 is 0 Å². The van der Waals surface area contributed by atoms with Crippen molar-refractivity contribution < 1.29 is 9.53 Å². The van der Waals surface area contributed by atoms with Crippen LogP contribution >= 0.6 is 0 Å². The van der Waals surface area contributed by atoms with E-state index in [1.165, 1.54) is 0 Å². The number of ether oxygens (including phenoxy) is 1. The maximum absolute atomic E-state index is 11.8. The van der Waals surface area contributed by atoms with Crippen LogP contribution in [0.4, 0.5) is 11.6 Å². The molecule has 1 aromatic heterocycles. The van der Waals surface area contributed by atoms with Gasteiger partial charge in [-0.05, 0) is 38.4 Å². The van der Waals surface area contributed by atoms with Gasteiger partial charge in [0.1, 0.15) is 12.4 Å². The van der Waals surface area contributed by atoms with Crippen LogP contribution < -0.4 is 15.8 Å². The smallest absolute Gasteiger partial charge is 0.293 e. The van der Waals surface area contributed by atoms with Crippen molar-refractivity contribution in [1.82, 2.24) is 20.1 Å². The quantitative estimate of drug-likeness (QED) is 0.718. The van der Waals surface area contributed by atoms with E-state index in [0.717, 1.165) is 12.3 Å². The number of carbonyl (C=O) groups is 1. The molecule has 4 N–H and O–H groups in total. The monoisotopic (exact) mass is 290 g/mol. The molecule has 0 atom stereocenters. The van der Waals surface area contributed by atoms with Gasteiger partial charge in [-0.3, -0.25) is 9.89 Å². The number of nitrogens with two attached hydrogens (primary N) is 1. The number of aromatic amines is 1. The summed E-state index contributed by atoms with van der Waals surface area (Å²) in [6.07, 6.45) is 0. The summed E-state index contributed by atoms with van der Waals surface area (Å²) in [6.45, 7) is 1.45. The van der Waals surface area contributed by atoms with E-state index in [1.54, 1.807) is 24.3 Å². The Bertz CT molecular complexity index is 593. The Morgan fingerprint density at radius 1 is 1.38 bits per heavy atom. The first kappa shape index (κ1) is 14.8. The van der Waals surface area contributed by atoms with Crippen molar-refractivity contribution in [2.45, 2.75) is 0 Å². The molecule has 1 amide bonds. The normalized spacial score (nSPS) is 10.6. The first-order valence-electron chi connectivity index (χ1n) is 6.41. The molecule has 0 spiro atoms. The lowest BCUT2D eigenvalue weighted by atomic mass is 10.3. The third-order valence-electron chi connectivity index (χ3n) is 2.64. The Morgan fingerprint density at radius 2 is 2.10 bits per heavy atom. The minimum absolute atomic E-state index is 0.0322. The Hall–Kier alpha value is -2.61. The number of hydrogen-bond acceptors (Lipinski definition) is 6. The molecule has 0 aliphatic heterocycles. The molecule has 8 heteroatoms. The Morgan fingerprint density at radius 3 is 2.67 bits per heavy atom. The lowest BCUT2D eigenvalue weighted by Gasteiger charge is -2.11. The minimum atomic E-state index is -0.402. The number of likely N-dealkylation sites (N-methyl/N-ethyl adjacent to an activating group) is 1. The van der Waals surface area contributed by atoms with Crippen molar-refractivity contribution >= 4 is 17.5 Å². The zero-order valence-corrected chi connectivity index (χ0v) is 12.0. The zero-order chi connectivity index (χ0) is 15.2. The number of H-pyrrole nitrogens is 1. The van der Waals surface area contributed by atoms with Gasteiger partial charge in [0, 0.05) is 12.2 Å². The van der Waals surface area contributed by atoms with Crippen molar-refractivity contribution in [3.05, 3.63) is 30.1 Å². The second-order valence-electron chi connectivity index (χ2n) is 4.67. The average molecular weight is 290 g/mol. The summed E-state index contributed by atoms with van der Waals surface area (Å²) in [5.41, 5.74) is 5.98. The molecule has 1 heterocycles. The highest BCUT2D eigenvalue weighted by molar-refractivity contribution is 6.01. The topological polar surface area (TPSA) is 109 Å². The highest BCUT2D eigenvalue weighted by Gasteiger charge is 2.10. The van der Waals surface area contributed by atoms with Gasteiger partial charge in [-0.1, -0.05) is 0 Å². The predicted molar refractivity (Wildman–Crippen MR) is 79.2 cm³/mol. The van der Waals surface area contributed by atoms with Crippen LogP contribution in [0.5, 0.6) is 5.75 Å². The van der Waals surface area contributed by atoms with Crippen LogP contribution in [0.1, 0.15) is 10.6 Å². The Labute approximate surface area is 122 Å². The van der Waals surface area contributed by atoms with E-state index in [2.05, 4.69) is 20.5 Å². The standard InChI is InChI=1S/C13H18N6O2/c1-19(2)7-8-21-10-5-3-9(4-6-10)15-12(20)11-16-13(14)18-17-11/h3-6H,7-8H2,1-2H3,(H,15,20)(H3,14,16,17,18). The predicted octanol–water partition coefficient (Wildman–Crippen LogP) is 0.580. The number of rotatable bonds is 6. The summed E-state index contributed by atoms with van der Waals surface area (Å²) in [4.78, 5) is 17.6. The molecule has 0 saturated heterocycles. The van der Waals surface area contributed by atoms with Crippen molar-refractivity contribution in [3.8, 4) is 5.75 Å². The van der Waals surface area contributed by atoms with E-state index >= 15 is 0 Å². The van der Waals surface area contributed by atoms with Crippen molar-refractivity contribution in [3.63, 3.8) is 0 Å². The van der Waals surface area contributed by atoms with E-state index in [0.29, 0.717) is 12.3 Å². The number of aromatic nitrogens is 3. The van der Waals surface area contributed by atoms with Gasteiger partial charge in [0.05, 0.1) is 0 Å². The summed E-state index contributed by atoms with van der Waals surface area (Å²) >= 11 is 0. The van der Waals surface area contributed by atoms with Crippen molar-refractivity contribution in [2.24, 2.45) is 0 Å². The van der Waals surface area contributed by atoms with Gasteiger partial charge in [0.2, 0.25) is 11.8 Å². The molecule has 0 aliphatic carbocycles. The van der Waals surface area contributed by atoms with Crippen LogP contribution in [0.3, 0.4) is 0 Å². The second-order valence-corrected chi connectivity index (χ2v) is 4.67. The minimum Gasteiger partial charge on any atom is -0.492 e. The lowest BCUT2D eigenvalue weighted by Crippen LogP contribution is -2.19. The van der Waals surface area contributed by atoms with Crippen molar-refractivity contribution in [1.29, 1.82) is 0 Å². The third-order valence-corrected chi connectivity index (χ3v) is 2.64. The summed E-state index contributed by atoms with van der Waals surface area (Å²) in [5.74, 6) is 0.447. The number of benzene rings is 1. The number of nitrogens with zero attached hydrogens (tertiary/aromatic N) is 3. The zero-order valence-electron chi connectivity index (χ0n) is 12.0. The van der Waals surface area contributed by atoms with Crippen LogP contribution in [-0.4, -0.2) is 53.2 Å². The van der Waals surface area contributed by atoms with E-state index < -0.39 is 5.91 Å². The van der Waals surface area contributed by atoms with Crippen LogP contribution in [-0.2, 0) is 0 Å². The lowest BCUT2D eigenvalue weighted by molar-refractivity contribution is 0.101. The molecule has 0 bridgehead atoms. The number of nitrogens with one attached hydrogen (secondary N) is 2. The highest BCUT2D eigenvalue weighted by Crippen LogP contribution is 2.16. The van der Waals surface area contributed by atoms with E-state index in [1.807, 2.05) is 19.0 Å². The number of amides is 1. The summed E-state index contributed by atoms with van der Waals surface area (Å²) < 4.78 is 5.57. The van der Waals surface area contributed by atoms with E-state index in [4.69, 9.17) is 10.5 Å². The molecule has 0 fully saturated rings. The number of anilines is 2. The summed E-state index contributed by atoms with van der Waals surface area (Å²) in [5, 5.41) is 8.73. The van der Waals surface area contributed by atoms with E-state index in [-0.39, 0.29) is 11.8 Å². The molecule has 1 aromatic carbocycles. The summed E-state index contributed by atoms with van der Waals surface area (Å²) in [7, 11) is 3.97. The first-order valence-corrected chi connectivity index (χ1v) is 6.41. The molecule has 21 heavy (non-hydrogen) atoms. The first-order chi connectivity index (χ1) is 10.0. The van der Waals surface area contributed by atoms with Gasteiger partial charge in [-0.2, -0.15) is 4.98 Å². The Balaban J connectivity index is 1.88. The highest BCUT2D eigenvalue weighted by atomic mass is 16.5. The number of carbonyl (C=O) groups excluding carboxylic acids is 1. The molecular weight excluding hydrogens is 272 g/mol. The SMILES string of the molecule is CN(C)CCOc1ccc(NC(=O)c2nc(N)n[nH]2)cc1. The maximum Gasteiger partial charge on any atom is 0.293 e. The molecule has 112 valence electrons. The molecule has 8 nitrogen and oxygen atoms in total. The molecule has 2 aromatic rings. The van der Waals surface area contributed by atoms with Crippen LogP contribution in [0.15, 0.2) is 24.3 Å². The Kier molecular flexibility index (Phi) is 4.72. The molecular formula is C13H18N6O2. The van der Waals surface area contributed by atoms with Crippen LogP contribution in [0.2, 0.25) is 0 Å². The largest absolute Gasteiger partial charge is 0.492 e. The van der Waals surface area contributed by atoms with Crippen LogP contribution in [0.25, 0.3) is 0 Å². The van der Waals surface area contributed by atoms with Crippen LogP contribution in [0, 0.1) is 0 Å².